The predicted molar refractivity (Wildman–Crippen MR) is 61.1 cm³/mol. The Morgan fingerprint density at radius 1 is 1.69 bits per heavy atom. The zero-order valence-corrected chi connectivity index (χ0v) is 10.1. The lowest BCUT2D eigenvalue weighted by Gasteiger charge is -2.14. The summed E-state index contributed by atoms with van der Waals surface area (Å²) < 4.78 is 6.56. The summed E-state index contributed by atoms with van der Waals surface area (Å²) >= 11 is 0. The second-order valence-electron chi connectivity index (χ2n) is 3.64. The molecule has 90 valence electrons. The van der Waals surface area contributed by atoms with Gasteiger partial charge in [0.25, 0.3) is 0 Å². The fourth-order valence-corrected chi connectivity index (χ4v) is 1.54. The fourth-order valence-electron chi connectivity index (χ4n) is 1.54. The van der Waals surface area contributed by atoms with E-state index in [9.17, 15) is 4.79 Å². The topological polar surface area (TPSA) is 56.2 Å². The quantitative estimate of drug-likeness (QED) is 0.725. The highest BCUT2D eigenvalue weighted by Crippen LogP contribution is 2.00. The highest BCUT2D eigenvalue weighted by Gasteiger charge is 2.17. The van der Waals surface area contributed by atoms with Crippen molar-refractivity contribution in [3.8, 4) is 0 Å². The second-order valence-corrected chi connectivity index (χ2v) is 3.64. The minimum Gasteiger partial charge on any atom is -0.468 e. The van der Waals surface area contributed by atoms with Gasteiger partial charge in [-0.05, 0) is 26.0 Å². The van der Waals surface area contributed by atoms with Crippen LogP contribution in [0.25, 0.3) is 0 Å². The highest BCUT2D eigenvalue weighted by atomic mass is 16.5. The molecule has 0 amide bonds. The van der Waals surface area contributed by atoms with Crippen molar-refractivity contribution < 1.29 is 9.53 Å². The number of methoxy groups -OCH3 is 1. The number of carbonyl (C=O) groups excluding carboxylic acids is 1. The minimum atomic E-state index is -0.250. The summed E-state index contributed by atoms with van der Waals surface area (Å²) in [5.74, 6) is -0.217. The Morgan fingerprint density at radius 3 is 2.94 bits per heavy atom. The molecule has 1 heterocycles. The maximum Gasteiger partial charge on any atom is 0.322 e. The van der Waals surface area contributed by atoms with Crippen LogP contribution in [0.3, 0.4) is 0 Å². The third-order valence-electron chi connectivity index (χ3n) is 2.36. The lowest BCUT2D eigenvalue weighted by atomic mass is 10.2. The monoisotopic (exact) mass is 225 g/mol. The lowest BCUT2D eigenvalue weighted by molar-refractivity contribution is -0.143. The van der Waals surface area contributed by atoms with Gasteiger partial charge < -0.3 is 10.1 Å². The van der Waals surface area contributed by atoms with E-state index in [1.807, 2.05) is 30.8 Å². The van der Waals surface area contributed by atoms with Gasteiger partial charge in [0.2, 0.25) is 0 Å². The van der Waals surface area contributed by atoms with Gasteiger partial charge >= 0.3 is 5.97 Å². The number of hydrogen-bond acceptors (Lipinski definition) is 4. The van der Waals surface area contributed by atoms with E-state index in [1.165, 1.54) is 7.11 Å². The van der Waals surface area contributed by atoms with Crippen LogP contribution in [0.1, 0.15) is 19.0 Å². The molecule has 0 spiro atoms. The van der Waals surface area contributed by atoms with Gasteiger partial charge in [0.05, 0.1) is 12.8 Å². The molecule has 0 saturated heterocycles. The van der Waals surface area contributed by atoms with Crippen molar-refractivity contribution in [3.63, 3.8) is 0 Å². The molecule has 0 aliphatic carbocycles. The molecule has 1 rings (SSSR count). The Kier molecular flexibility index (Phi) is 4.98. The molecule has 5 heteroatoms. The molecule has 1 unspecified atom stereocenters. The number of hydrogen-bond donors (Lipinski definition) is 1. The molecule has 16 heavy (non-hydrogen) atoms. The van der Waals surface area contributed by atoms with Gasteiger partial charge in [0, 0.05) is 12.7 Å². The molecule has 1 N–H and O–H groups in total. The summed E-state index contributed by atoms with van der Waals surface area (Å²) in [6, 6.07) is 1.69. The van der Waals surface area contributed by atoms with Crippen LogP contribution >= 0.6 is 0 Å². The molecule has 5 nitrogen and oxygen atoms in total. The lowest BCUT2D eigenvalue weighted by Crippen LogP contribution is -2.38. The van der Waals surface area contributed by atoms with Crippen LogP contribution in [0.5, 0.6) is 0 Å². The van der Waals surface area contributed by atoms with Gasteiger partial charge in [-0.2, -0.15) is 5.10 Å². The van der Waals surface area contributed by atoms with E-state index in [0.29, 0.717) is 13.0 Å². The van der Waals surface area contributed by atoms with Crippen molar-refractivity contribution >= 4 is 5.97 Å². The Bertz CT molecular complexity index is 336. The average Bonchev–Trinajstić information content (AvgIpc) is 2.69. The molecule has 0 aliphatic rings. The zero-order chi connectivity index (χ0) is 12.0. The van der Waals surface area contributed by atoms with Gasteiger partial charge in [-0.3, -0.25) is 9.48 Å². The number of aryl methyl sites for hydroxylation is 2. The smallest absolute Gasteiger partial charge is 0.322 e. The molecule has 1 aromatic rings. The Morgan fingerprint density at radius 2 is 2.44 bits per heavy atom. The van der Waals surface area contributed by atoms with Crippen LogP contribution < -0.4 is 5.32 Å². The van der Waals surface area contributed by atoms with Gasteiger partial charge in [0.1, 0.15) is 6.04 Å². The predicted octanol–water partition coefficient (Wildman–Crippen LogP) is 0.733. The summed E-state index contributed by atoms with van der Waals surface area (Å²) in [5.41, 5.74) is 0.984. The van der Waals surface area contributed by atoms with Crippen LogP contribution in [-0.2, 0) is 16.1 Å². The normalized spacial score (nSPS) is 12.4. The first-order valence-corrected chi connectivity index (χ1v) is 5.48. The SMILES string of the molecule is CCNC(CCn1ccc(C)n1)C(=O)OC. The number of rotatable bonds is 6. The summed E-state index contributed by atoms with van der Waals surface area (Å²) in [5, 5.41) is 7.36. The molecule has 0 bridgehead atoms. The van der Waals surface area contributed by atoms with E-state index in [-0.39, 0.29) is 12.0 Å². The van der Waals surface area contributed by atoms with Crippen LogP contribution in [-0.4, -0.2) is 35.4 Å². The maximum absolute atomic E-state index is 11.4. The molecular formula is C11H19N3O2. The number of nitrogens with one attached hydrogen (secondary N) is 1. The molecule has 0 aromatic carbocycles. The number of aromatic nitrogens is 2. The fraction of sp³-hybridized carbons (Fsp3) is 0.636. The molecule has 1 aromatic heterocycles. The van der Waals surface area contributed by atoms with Gasteiger partial charge in [-0.1, -0.05) is 6.92 Å². The van der Waals surface area contributed by atoms with Crippen LogP contribution in [0.2, 0.25) is 0 Å². The Hall–Kier alpha value is -1.36. The van der Waals surface area contributed by atoms with E-state index in [4.69, 9.17) is 4.74 Å². The number of nitrogens with zero attached hydrogens (tertiary/aromatic N) is 2. The summed E-state index contributed by atoms with van der Waals surface area (Å²) in [4.78, 5) is 11.4. The molecule has 1 atom stereocenters. The number of carbonyl (C=O) groups is 1. The number of esters is 1. The Labute approximate surface area is 95.8 Å². The number of ether oxygens (including phenoxy) is 1. The molecule has 0 radical (unpaired) electrons. The largest absolute Gasteiger partial charge is 0.468 e. The van der Waals surface area contributed by atoms with Crippen molar-refractivity contribution in [2.24, 2.45) is 0 Å². The zero-order valence-electron chi connectivity index (χ0n) is 10.1. The van der Waals surface area contributed by atoms with Crippen LogP contribution in [0.4, 0.5) is 0 Å². The van der Waals surface area contributed by atoms with Gasteiger partial charge in [-0.25, -0.2) is 0 Å². The molecule has 0 saturated carbocycles. The van der Waals surface area contributed by atoms with Crippen LogP contribution in [0, 0.1) is 6.92 Å². The van der Waals surface area contributed by atoms with Crippen molar-refractivity contribution in [1.82, 2.24) is 15.1 Å². The molecule has 0 fully saturated rings. The average molecular weight is 225 g/mol. The Balaban J connectivity index is 2.46. The van der Waals surface area contributed by atoms with Gasteiger partial charge in [0.15, 0.2) is 0 Å². The van der Waals surface area contributed by atoms with E-state index in [0.717, 1.165) is 12.2 Å². The third-order valence-corrected chi connectivity index (χ3v) is 2.36. The van der Waals surface area contributed by atoms with Crippen molar-refractivity contribution in [2.75, 3.05) is 13.7 Å². The van der Waals surface area contributed by atoms with E-state index in [1.54, 1.807) is 0 Å². The summed E-state index contributed by atoms with van der Waals surface area (Å²) in [7, 11) is 1.41. The molecule has 0 aliphatic heterocycles. The van der Waals surface area contributed by atoms with E-state index >= 15 is 0 Å². The first-order valence-electron chi connectivity index (χ1n) is 5.48. The van der Waals surface area contributed by atoms with E-state index < -0.39 is 0 Å². The van der Waals surface area contributed by atoms with Crippen LogP contribution in [0.15, 0.2) is 12.3 Å². The maximum atomic E-state index is 11.4. The van der Waals surface area contributed by atoms with E-state index in [2.05, 4.69) is 10.4 Å². The van der Waals surface area contributed by atoms with Gasteiger partial charge in [-0.15, -0.1) is 0 Å². The third kappa shape index (κ3) is 3.66. The van der Waals surface area contributed by atoms with Crippen molar-refractivity contribution in [2.45, 2.75) is 32.9 Å². The highest BCUT2D eigenvalue weighted by molar-refractivity contribution is 5.75. The standard InChI is InChI=1S/C11H19N3O2/c1-4-12-10(11(15)16-3)6-8-14-7-5-9(2)13-14/h5,7,10,12H,4,6,8H2,1-3H3. The first kappa shape index (κ1) is 12.7. The van der Waals surface area contributed by atoms with Crippen molar-refractivity contribution in [3.05, 3.63) is 18.0 Å². The second kappa shape index (κ2) is 6.27. The first-order chi connectivity index (χ1) is 7.67. The summed E-state index contributed by atoms with van der Waals surface area (Å²) in [6.45, 7) is 5.37. The van der Waals surface area contributed by atoms with Crippen molar-refractivity contribution in [1.29, 1.82) is 0 Å². The number of likely N-dealkylation sites (N-methyl/N-ethyl adjacent to an activating group) is 1. The summed E-state index contributed by atoms with van der Waals surface area (Å²) in [6.07, 6.45) is 2.59. The minimum absolute atomic E-state index is 0.217. The molecular weight excluding hydrogens is 206 g/mol.